The molecular formula is C41H47IN10O7. The number of alkyl carbamates (subject to hydrolysis) is 2. The van der Waals surface area contributed by atoms with E-state index in [4.69, 9.17) is 27.5 Å². The third-order valence-electron chi connectivity index (χ3n) is 11.0. The molecular weight excluding hydrogens is 871 g/mol. The van der Waals surface area contributed by atoms with E-state index >= 15 is 0 Å². The quantitative estimate of drug-likeness (QED) is 0.103. The monoisotopic (exact) mass is 918 g/mol. The third-order valence-corrected chi connectivity index (χ3v) is 11.8. The Bertz CT molecular complexity index is 2300. The number of fused-ring (bicyclic) bond motifs is 1. The van der Waals surface area contributed by atoms with Crippen molar-refractivity contribution in [2.75, 3.05) is 27.3 Å². The molecule has 3 aromatic heterocycles. The van der Waals surface area contributed by atoms with Gasteiger partial charge in [-0.25, -0.2) is 19.6 Å². The fraction of sp³-hybridized carbons (Fsp3) is 0.415. The first kappa shape index (κ1) is 41.5. The molecule has 4 N–H and O–H groups in total. The Morgan fingerprint density at radius 1 is 0.729 bits per heavy atom. The van der Waals surface area contributed by atoms with E-state index in [1.165, 1.54) is 14.2 Å². The van der Waals surface area contributed by atoms with Gasteiger partial charge in [0.2, 0.25) is 11.8 Å². The van der Waals surface area contributed by atoms with E-state index in [-0.39, 0.29) is 29.8 Å². The number of amides is 4. The highest BCUT2D eigenvalue weighted by Gasteiger charge is 2.40. The van der Waals surface area contributed by atoms with Crippen LogP contribution >= 0.6 is 23.0 Å². The zero-order chi connectivity index (χ0) is 41.8. The van der Waals surface area contributed by atoms with Gasteiger partial charge < -0.3 is 42.9 Å². The minimum absolute atomic E-state index is 0.116. The normalized spacial score (nSPS) is 18.2. The maximum Gasteiger partial charge on any atom is 0.407 e. The van der Waals surface area contributed by atoms with Crippen LogP contribution in [-0.2, 0) is 22.1 Å². The largest absolute Gasteiger partial charge is 0.453 e. The van der Waals surface area contributed by atoms with Crippen LogP contribution in [-0.4, -0.2) is 109 Å². The molecule has 17 nitrogen and oxygen atoms in total. The fourth-order valence-corrected chi connectivity index (χ4v) is 8.04. The molecule has 4 amide bonds. The summed E-state index contributed by atoms with van der Waals surface area (Å²) in [6, 6.07) is 11.6. The predicted octanol–water partition coefficient (Wildman–Crippen LogP) is 6.26. The van der Waals surface area contributed by atoms with E-state index in [0.29, 0.717) is 36.1 Å². The molecule has 5 atom stereocenters. The van der Waals surface area contributed by atoms with Crippen molar-refractivity contribution in [1.82, 2.24) is 50.3 Å². The van der Waals surface area contributed by atoms with Crippen molar-refractivity contribution in [3.63, 3.8) is 0 Å². The Morgan fingerprint density at radius 3 is 1.88 bits per heavy atom. The van der Waals surface area contributed by atoms with E-state index in [2.05, 4.69) is 25.6 Å². The Balaban J connectivity index is 1.02. The SMILES string of the molecule is COC(=O)N[C@H](C(=O)N1CCC[C@H]1c1ncc(-c2ccc(-c3cnc(-c4ccc5nc([C@@H]6CCCN6C(=O)[C@@H](NC(=O)OC)[C@@H](C)OI)[nH]c5c4)cn3)cc2)[nH]1)C(C)C. The molecule has 0 unspecified atom stereocenters. The number of hydrogen-bond donors (Lipinski definition) is 4. The van der Waals surface area contributed by atoms with Crippen molar-refractivity contribution >= 4 is 58.0 Å². The highest BCUT2D eigenvalue weighted by Crippen LogP contribution is 2.35. The number of rotatable bonds is 12. The minimum Gasteiger partial charge on any atom is -0.453 e. The Morgan fingerprint density at radius 2 is 1.29 bits per heavy atom. The second-order valence-corrected chi connectivity index (χ2v) is 15.6. The molecule has 2 aliphatic heterocycles. The van der Waals surface area contributed by atoms with Crippen LogP contribution in [0.4, 0.5) is 9.59 Å². The number of methoxy groups -OCH3 is 2. The summed E-state index contributed by atoms with van der Waals surface area (Å²) in [4.78, 5) is 80.5. The summed E-state index contributed by atoms with van der Waals surface area (Å²) in [7, 11) is 2.53. The number of likely N-dealkylation sites (tertiary alicyclic amines) is 2. The molecule has 2 aliphatic rings. The van der Waals surface area contributed by atoms with Crippen molar-refractivity contribution in [2.45, 2.75) is 76.7 Å². The van der Waals surface area contributed by atoms with Crippen molar-refractivity contribution in [3.8, 4) is 33.8 Å². The zero-order valence-electron chi connectivity index (χ0n) is 33.4. The number of carbonyl (C=O) groups excluding carboxylic acids is 4. The molecule has 0 saturated carbocycles. The summed E-state index contributed by atoms with van der Waals surface area (Å²) >= 11 is 1.73. The van der Waals surface area contributed by atoms with Gasteiger partial charge in [0.05, 0.1) is 79.1 Å². The van der Waals surface area contributed by atoms with Gasteiger partial charge in [0.15, 0.2) is 0 Å². The fourth-order valence-electron chi connectivity index (χ4n) is 7.75. The van der Waals surface area contributed by atoms with Crippen LogP contribution in [0, 0.1) is 5.92 Å². The van der Waals surface area contributed by atoms with Crippen LogP contribution in [0.3, 0.4) is 0 Å². The van der Waals surface area contributed by atoms with E-state index < -0.39 is 30.4 Å². The van der Waals surface area contributed by atoms with Crippen LogP contribution in [0.5, 0.6) is 0 Å². The molecule has 5 heterocycles. The van der Waals surface area contributed by atoms with Crippen LogP contribution in [0.2, 0.25) is 0 Å². The highest BCUT2D eigenvalue weighted by atomic mass is 127. The van der Waals surface area contributed by atoms with Crippen molar-refractivity contribution in [1.29, 1.82) is 0 Å². The standard InChI is InChI=1S/C41H47IN10O7/c1-22(2)34(49-40(55)57-4)38(53)51-16-6-8-32(51)36-45-21-31(48-36)25-12-10-24(11-13-25)29-19-44-30(20-43-29)26-14-15-27-28(18-26)47-37(46-27)33-9-7-17-52(33)39(54)35(23(3)59-42)50-41(56)58-5/h10-15,18-23,32-35H,6-9,16-17H2,1-5H3,(H,45,48)(H,46,47)(H,49,55)(H,50,56)/t23-,32+,33+,34+,35+/m1/s1. The van der Waals surface area contributed by atoms with Gasteiger partial charge >= 0.3 is 12.2 Å². The average Bonchev–Trinajstić information content (AvgIpc) is 4.10. The summed E-state index contributed by atoms with van der Waals surface area (Å²) in [6.45, 7) is 6.61. The Kier molecular flexibility index (Phi) is 12.7. The summed E-state index contributed by atoms with van der Waals surface area (Å²) in [6.07, 6.45) is 6.45. The number of carbonyl (C=O) groups is 4. The summed E-state index contributed by atoms with van der Waals surface area (Å²) in [5, 5.41) is 5.30. The number of imidazole rings is 2. The lowest BCUT2D eigenvalue weighted by molar-refractivity contribution is -0.136. The van der Waals surface area contributed by atoms with E-state index in [1.54, 1.807) is 58.3 Å². The molecule has 5 aromatic rings. The van der Waals surface area contributed by atoms with Crippen LogP contribution in [0.25, 0.3) is 44.8 Å². The summed E-state index contributed by atoms with van der Waals surface area (Å²) < 4.78 is 14.9. The molecule has 18 heteroatoms. The van der Waals surface area contributed by atoms with E-state index in [1.807, 2.05) is 56.3 Å². The molecule has 0 radical (unpaired) electrons. The number of nitrogens with one attached hydrogen (secondary N) is 4. The maximum absolute atomic E-state index is 13.7. The maximum atomic E-state index is 13.7. The van der Waals surface area contributed by atoms with Gasteiger partial charge in [-0.3, -0.25) is 19.6 Å². The first-order chi connectivity index (χ1) is 28.5. The molecule has 2 fully saturated rings. The summed E-state index contributed by atoms with van der Waals surface area (Å²) in [5.74, 6) is 0.832. The van der Waals surface area contributed by atoms with Gasteiger partial charge in [-0.2, -0.15) is 0 Å². The van der Waals surface area contributed by atoms with Gasteiger partial charge in [-0.05, 0) is 56.2 Å². The second kappa shape index (κ2) is 18.1. The molecule has 0 aliphatic carbocycles. The van der Waals surface area contributed by atoms with Gasteiger partial charge in [0.25, 0.3) is 0 Å². The van der Waals surface area contributed by atoms with Gasteiger partial charge in [-0.1, -0.05) is 44.2 Å². The lowest BCUT2D eigenvalue weighted by Crippen LogP contribution is -2.53. The lowest BCUT2D eigenvalue weighted by atomic mass is 10.0. The van der Waals surface area contributed by atoms with E-state index in [9.17, 15) is 19.2 Å². The van der Waals surface area contributed by atoms with Crippen LogP contribution in [0.1, 0.15) is 70.2 Å². The smallest absolute Gasteiger partial charge is 0.407 e. The number of aromatic amines is 2. The van der Waals surface area contributed by atoms with Gasteiger partial charge in [0.1, 0.15) is 46.7 Å². The Hall–Kier alpha value is -5.63. The highest BCUT2D eigenvalue weighted by molar-refractivity contribution is 14.1. The number of ether oxygens (including phenoxy) is 2. The van der Waals surface area contributed by atoms with Crippen LogP contribution < -0.4 is 10.6 Å². The van der Waals surface area contributed by atoms with Crippen molar-refractivity contribution in [2.24, 2.45) is 5.92 Å². The second-order valence-electron chi connectivity index (χ2n) is 15.0. The van der Waals surface area contributed by atoms with E-state index in [0.717, 1.165) is 59.1 Å². The molecule has 0 spiro atoms. The number of halogens is 1. The molecule has 2 aromatic carbocycles. The first-order valence-corrected chi connectivity index (χ1v) is 20.4. The van der Waals surface area contributed by atoms with Gasteiger partial charge in [-0.15, -0.1) is 0 Å². The average molecular weight is 919 g/mol. The molecule has 7 rings (SSSR count). The topological polar surface area (TPSA) is 210 Å². The first-order valence-electron chi connectivity index (χ1n) is 19.5. The molecule has 2 saturated heterocycles. The number of nitrogens with zero attached hydrogens (tertiary/aromatic N) is 6. The minimum atomic E-state index is -0.920. The van der Waals surface area contributed by atoms with Crippen molar-refractivity contribution < 1.29 is 31.7 Å². The third kappa shape index (κ3) is 8.87. The van der Waals surface area contributed by atoms with Gasteiger partial charge in [0, 0.05) is 24.2 Å². The number of benzene rings is 2. The molecule has 310 valence electrons. The number of H-pyrrole nitrogens is 2. The van der Waals surface area contributed by atoms with Crippen molar-refractivity contribution in [3.05, 3.63) is 72.7 Å². The molecule has 59 heavy (non-hydrogen) atoms. The van der Waals surface area contributed by atoms with Crippen LogP contribution in [0.15, 0.2) is 61.1 Å². The summed E-state index contributed by atoms with van der Waals surface area (Å²) in [5.41, 5.74) is 6.47. The Labute approximate surface area is 355 Å². The predicted molar refractivity (Wildman–Crippen MR) is 226 cm³/mol. The zero-order valence-corrected chi connectivity index (χ0v) is 35.6. The molecule has 0 bridgehead atoms. The lowest BCUT2D eigenvalue weighted by Gasteiger charge is -2.30. The number of hydrogen-bond acceptors (Lipinski definition) is 11. The number of aromatic nitrogens is 6.